The molecular weight excluding hydrogens is 467 g/mol. The third kappa shape index (κ3) is 7.22. The van der Waals surface area contributed by atoms with Gasteiger partial charge in [0, 0.05) is 12.7 Å². The zero-order chi connectivity index (χ0) is 18.7. The minimum absolute atomic E-state index is 0. The van der Waals surface area contributed by atoms with Crippen LogP contribution in [0, 0.1) is 0 Å². The summed E-state index contributed by atoms with van der Waals surface area (Å²) in [5.74, 6) is 2.44. The normalized spacial score (nSPS) is 10.8. The van der Waals surface area contributed by atoms with E-state index in [0.717, 1.165) is 35.3 Å². The van der Waals surface area contributed by atoms with Gasteiger partial charge in [0.2, 0.25) is 0 Å². The van der Waals surface area contributed by atoms with E-state index in [4.69, 9.17) is 9.15 Å². The molecule has 2 heterocycles. The summed E-state index contributed by atoms with van der Waals surface area (Å²) in [6.07, 6.45) is 3.43. The highest BCUT2D eigenvalue weighted by Gasteiger charge is 2.01. The number of rotatable bonds is 8. The van der Waals surface area contributed by atoms with Gasteiger partial charge in [0.1, 0.15) is 18.1 Å². The fourth-order valence-electron chi connectivity index (χ4n) is 2.43. The number of nitrogens with zero attached hydrogens (tertiary/aromatic N) is 2. The van der Waals surface area contributed by atoms with Crippen LogP contribution in [0.5, 0.6) is 5.75 Å². The molecule has 2 aromatic heterocycles. The van der Waals surface area contributed by atoms with Gasteiger partial charge in [0.25, 0.3) is 0 Å². The number of aromatic nitrogens is 1. The van der Waals surface area contributed by atoms with Gasteiger partial charge in [-0.05, 0) is 48.9 Å². The lowest BCUT2D eigenvalue weighted by molar-refractivity contribution is 0.301. The van der Waals surface area contributed by atoms with Crippen LogP contribution in [0.4, 0.5) is 0 Å². The molecule has 0 saturated heterocycles. The molecule has 0 aliphatic heterocycles. The first-order valence-electron chi connectivity index (χ1n) is 8.99. The van der Waals surface area contributed by atoms with Crippen LogP contribution in [-0.2, 0) is 19.7 Å². The summed E-state index contributed by atoms with van der Waals surface area (Å²) >= 11 is 0. The number of nitrogens with one attached hydrogen (secondary N) is 2. The first-order chi connectivity index (χ1) is 13.3. The topological polar surface area (TPSA) is 71.7 Å². The lowest BCUT2D eigenvalue weighted by Crippen LogP contribution is -2.36. The summed E-state index contributed by atoms with van der Waals surface area (Å²) < 4.78 is 11.1. The van der Waals surface area contributed by atoms with Gasteiger partial charge < -0.3 is 19.8 Å². The Morgan fingerprint density at radius 3 is 2.61 bits per heavy atom. The molecule has 0 bridgehead atoms. The maximum absolute atomic E-state index is 5.76. The molecule has 6 nitrogen and oxygen atoms in total. The highest BCUT2D eigenvalue weighted by molar-refractivity contribution is 14.0. The Morgan fingerprint density at radius 1 is 1.07 bits per heavy atom. The van der Waals surface area contributed by atoms with E-state index < -0.39 is 0 Å². The number of aliphatic imine (C=N–C) groups is 1. The molecule has 0 atom stereocenters. The summed E-state index contributed by atoms with van der Waals surface area (Å²) in [6, 6.07) is 17.5. The minimum atomic E-state index is 0. The van der Waals surface area contributed by atoms with Crippen LogP contribution in [0.2, 0.25) is 0 Å². The first-order valence-corrected chi connectivity index (χ1v) is 8.99. The molecule has 0 aliphatic rings. The van der Waals surface area contributed by atoms with E-state index in [1.165, 1.54) is 0 Å². The summed E-state index contributed by atoms with van der Waals surface area (Å²) in [5.41, 5.74) is 2.01. The van der Waals surface area contributed by atoms with Gasteiger partial charge in [-0.25, -0.2) is 4.99 Å². The molecule has 0 aliphatic carbocycles. The Hall–Kier alpha value is -2.55. The quantitative estimate of drug-likeness (QED) is 0.281. The van der Waals surface area contributed by atoms with Crippen molar-refractivity contribution in [3.63, 3.8) is 0 Å². The number of benzene rings is 1. The number of pyridine rings is 1. The number of guanidine groups is 1. The number of ether oxygens (including phenoxy) is 1. The van der Waals surface area contributed by atoms with Crippen molar-refractivity contribution in [2.45, 2.75) is 26.6 Å². The van der Waals surface area contributed by atoms with Gasteiger partial charge in [0.15, 0.2) is 5.96 Å². The number of halogens is 1. The smallest absolute Gasteiger partial charge is 0.191 e. The average molecular weight is 492 g/mol. The van der Waals surface area contributed by atoms with Crippen LogP contribution in [0.3, 0.4) is 0 Å². The third-order valence-electron chi connectivity index (χ3n) is 3.81. The summed E-state index contributed by atoms with van der Waals surface area (Å²) in [6.45, 7) is 4.47. The average Bonchev–Trinajstić information content (AvgIpc) is 3.24. The van der Waals surface area contributed by atoms with Crippen LogP contribution in [0.15, 0.2) is 76.5 Å². The molecule has 7 heteroatoms. The Balaban J connectivity index is 0.00000280. The molecular formula is C21H25IN4O2. The molecule has 0 fully saturated rings. The standard InChI is InChI=1S/C21H24N4O2.HI/c1-2-22-21(25-15-20-7-5-13-26-20)24-14-17-8-10-19(11-9-17)27-16-18-6-3-4-12-23-18;/h3-13H,2,14-16H2,1H3,(H2,22,24,25);1H. The van der Waals surface area contributed by atoms with E-state index in [9.17, 15) is 0 Å². The van der Waals surface area contributed by atoms with Gasteiger partial charge in [-0.2, -0.15) is 0 Å². The number of furan rings is 1. The molecule has 3 rings (SSSR count). The zero-order valence-corrected chi connectivity index (χ0v) is 18.1. The van der Waals surface area contributed by atoms with E-state index in [0.29, 0.717) is 19.7 Å². The monoisotopic (exact) mass is 492 g/mol. The maximum atomic E-state index is 5.76. The first kappa shape index (κ1) is 21.7. The van der Waals surface area contributed by atoms with Crippen molar-refractivity contribution >= 4 is 29.9 Å². The summed E-state index contributed by atoms with van der Waals surface area (Å²) in [7, 11) is 0. The van der Waals surface area contributed by atoms with Crippen molar-refractivity contribution in [3.05, 3.63) is 84.1 Å². The molecule has 0 spiro atoms. The lowest BCUT2D eigenvalue weighted by atomic mass is 10.2. The Bertz CT molecular complexity index is 821. The van der Waals surface area contributed by atoms with Gasteiger partial charge in [-0.1, -0.05) is 18.2 Å². The fraction of sp³-hybridized carbons (Fsp3) is 0.238. The Morgan fingerprint density at radius 2 is 1.93 bits per heavy atom. The maximum Gasteiger partial charge on any atom is 0.191 e. The van der Waals surface area contributed by atoms with E-state index in [-0.39, 0.29) is 24.0 Å². The van der Waals surface area contributed by atoms with E-state index in [1.54, 1.807) is 12.5 Å². The van der Waals surface area contributed by atoms with Gasteiger partial charge in [-0.3, -0.25) is 4.98 Å². The zero-order valence-electron chi connectivity index (χ0n) is 15.8. The van der Waals surface area contributed by atoms with Crippen molar-refractivity contribution in [2.75, 3.05) is 6.54 Å². The van der Waals surface area contributed by atoms with E-state index >= 15 is 0 Å². The second kappa shape index (κ2) is 12.0. The molecule has 0 amide bonds. The van der Waals surface area contributed by atoms with Crippen molar-refractivity contribution < 1.29 is 9.15 Å². The van der Waals surface area contributed by atoms with Crippen molar-refractivity contribution in [2.24, 2.45) is 4.99 Å². The predicted molar refractivity (Wildman–Crippen MR) is 121 cm³/mol. The molecule has 0 saturated carbocycles. The van der Waals surface area contributed by atoms with Crippen LogP contribution in [0.25, 0.3) is 0 Å². The molecule has 148 valence electrons. The molecule has 1 aromatic carbocycles. The van der Waals surface area contributed by atoms with Crippen LogP contribution < -0.4 is 15.4 Å². The summed E-state index contributed by atoms with van der Waals surface area (Å²) in [4.78, 5) is 8.86. The number of hydrogen-bond acceptors (Lipinski definition) is 4. The lowest BCUT2D eigenvalue weighted by Gasteiger charge is -2.10. The van der Waals surface area contributed by atoms with Crippen molar-refractivity contribution in [1.82, 2.24) is 15.6 Å². The molecule has 0 radical (unpaired) electrons. The minimum Gasteiger partial charge on any atom is -0.487 e. The SMILES string of the molecule is CCNC(=NCc1ccc(OCc2ccccn2)cc1)NCc1ccco1.I. The Labute approximate surface area is 182 Å². The van der Waals surface area contributed by atoms with Gasteiger partial charge in [0.05, 0.1) is 25.0 Å². The second-order valence-corrected chi connectivity index (χ2v) is 5.88. The second-order valence-electron chi connectivity index (χ2n) is 5.88. The molecule has 28 heavy (non-hydrogen) atoms. The van der Waals surface area contributed by atoms with Crippen LogP contribution in [-0.4, -0.2) is 17.5 Å². The van der Waals surface area contributed by atoms with Crippen molar-refractivity contribution in [1.29, 1.82) is 0 Å². The highest BCUT2D eigenvalue weighted by atomic mass is 127. The van der Waals surface area contributed by atoms with Crippen molar-refractivity contribution in [3.8, 4) is 5.75 Å². The Kier molecular flexibility index (Phi) is 9.33. The third-order valence-corrected chi connectivity index (χ3v) is 3.81. The van der Waals surface area contributed by atoms with Gasteiger partial charge in [-0.15, -0.1) is 24.0 Å². The van der Waals surface area contributed by atoms with Gasteiger partial charge >= 0.3 is 0 Å². The van der Waals surface area contributed by atoms with E-state index in [2.05, 4.69) is 20.6 Å². The van der Waals surface area contributed by atoms with E-state index in [1.807, 2.05) is 61.5 Å². The largest absolute Gasteiger partial charge is 0.487 e. The number of hydrogen-bond donors (Lipinski definition) is 2. The molecule has 3 aromatic rings. The fourth-order valence-corrected chi connectivity index (χ4v) is 2.43. The van der Waals surface area contributed by atoms with Crippen LogP contribution >= 0.6 is 24.0 Å². The molecule has 2 N–H and O–H groups in total. The molecule has 0 unspecified atom stereocenters. The predicted octanol–water partition coefficient (Wildman–Crippen LogP) is 4.13. The highest BCUT2D eigenvalue weighted by Crippen LogP contribution is 2.14. The van der Waals surface area contributed by atoms with Crippen LogP contribution in [0.1, 0.15) is 23.9 Å². The summed E-state index contributed by atoms with van der Waals surface area (Å²) in [5, 5.41) is 6.49.